The van der Waals surface area contributed by atoms with E-state index in [1.165, 1.54) is 16.7 Å². The predicted octanol–water partition coefficient (Wildman–Crippen LogP) is -0.352. The lowest BCUT2D eigenvalue weighted by molar-refractivity contribution is -0.153. The van der Waals surface area contributed by atoms with Gasteiger partial charge in [-0.1, -0.05) is 5.16 Å². The Morgan fingerprint density at radius 1 is 1.33 bits per heavy atom. The fourth-order valence-electron chi connectivity index (χ4n) is 4.97. The van der Waals surface area contributed by atoms with E-state index in [-0.39, 0.29) is 40.8 Å². The molecule has 4 aliphatic heterocycles. The lowest BCUT2D eigenvalue weighted by Crippen LogP contribution is -2.62. The molecule has 15 heteroatoms. The summed E-state index contributed by atoms with van der Waals surface area (Å²) in [7, 11) is 0. The first kappa shape index (κ1) is 24.4. The van der Waals surface area contributed by atoms with Crippen LogP contribution in [0.4, 0.5) is 5.13 Å². The van der Waals surface area contributed by atoms with E-state index in [2.05, 4.69) is 19.8 Å². The van der Waals surface area contributed by atoms with Gasteiger partial charge in [0.25, 0.3) is 0 Å². The number of likely N-dealkylation sites (tertiary alicyclic amines) is 1. The van der Waals surface area contributed by atoms with Gasteiger partial charge in [-0.2, -0.15) is 9.36 Å². The number of fused-ring (bicyclic) bond motifs is 1. The summed E-state index contributed by atoms with van der Waals surface area (Å²) < 4.78 is 3.86. The van der Waals surface area contributed by atoms with Gasteiger partial charge in [0.1, 0.15) is 5.70 Å². The molecule has 3 fully saturated rings. The number of carbonyl (C=O) groups excluding carboxylic acids is 3. The largest absolute Gasteiger partial charge is 0.477 e. The second-order valence-corrected chi connectivity index (χ2v) is 10.7. The average molecular weight is 534 g/mol. The highest BCUT2D eigenvalue weighted by Crippen LogP contribution is 2.46. The molecule has 0 bridgehead atoms. The number of ketones is 1. The fourth-order valence-corrected chi connectivity index (χ4v) is 6.78. The molecule has 2 amide bonds. The third-order valence-electron chi connectivity index (χ3n) is 6.71. The van der Waals surface area contributed by atoms with Gasteiger partial charge in [-0.3, -0.25) is 19.3 Å². The Labute approximate surface area is 213 Å². The summed E-state index contributed by atoms with van der Waals surface area (Å²) in [6.45, 7) is 2.20. The SMILES string of the molecule is Nc1nc(/C(=N\O)C(=O)CC2C(=O)N3C(C(=O)O)=C(/C=C4\CCN([C@@H]5CCNC5)C4=O)CS[C@H]23)ns1. The molecule has 5 heterocycles. The zero-order chi connectivity index (χ0) is 25.6. The van der Waals surface area contributed by atoms with Gasteiger partial charge in [0.15, 0.2) is 16.6 Å². The number of oxime groups is 1. The second-order valence-electron chi connectivity index (χ2n) is 8.79. The minimum absolute atomic E-state index is 0.0920. The summed E-state index contributed by atoms with van der Waals surface area (Å²) in [5.41, 5.74) is 5.88. The highest BCUT2D eigenvalue weighted by molar-refractivity contribution is 8.00. The Kier molecular flexibility index (Phi) is 6.53. The third-order valence-corrected chi connectivity index (χ3v) is 8.62. The number of hydrogen-bond acceptors (Lipinski definition) is 12. The van der Waals surface area contributed by atoms with Crippen LogP contribution in [0.2, 0.25) is 0 Å². The third kappa shape index (κ3) is 4.16. The number of rotatable bonds is 7. The number of nitrogen functional groups attached to an aromatic ring is 1. The number of aromatic nitrogens is 2. The highest BCUT2D eigenvalue weighted by atomic mass is 32.2. The Morgan fingerprint density at radius 3 is 2.78 bits per heavy atom. The number of hydrogen-bond donors (Lipinski definition) is 4. The van der Waals surface area contributed by atoms with Crippen LogP contribution in [0.3, 0.4) is 0 Å². The maximum absolute atomic E-state index is 13.0. The molecule has 3 atom stereocenters. The molecule has 0 aromatic carbocycles. The number of aliphatic carboxylic acids is 1. The van der Waals surface area contributed by atoms with E-state index in [0.717, 1.165) is 31.0 Å². The maximum atomic E-state index is 13.0. The van der Waals surface area contributed by atoms with Crippen LogP contribution in [-0.4, -0.2) is 95.6 Å². The zero-order valence-electron chi connectivity index (χ0n) is 18.9. The van der Waals surface area contributed by atoms with Crippen LogP contribution in [0, 0.1) is 5.92 Å². The molecule has 1 aromatic rings. The highest BCUT2D eigenvalue weighted by Gasteiger charge is 2.54. The first-order chi connectivity index (χ1) is 17.3. The van der Waals surface area contributed by atoms with Crippen molar-refractivity contribution < 1.29 is 29.5 Å². The minimum Gasteiger partial charge on any atom is -0.477 e. The van der Waals surface area contributed by atoms with Gasteiger partial charge in [-0.25, -0.2) is 4.79 Å². The molecular formula is C21H23N7O6S2. The smallest absolute Gasteiger partial charge is 0.352 e. The van der Waals surface area contributed by atoms with Crippen molar-refractivity contribution in [3.8, 4) is 0 Å². The van der Waals surface area contributed by atoms with Crippen molar-refractivity contribution in [3.05, 3.63) is 28.7 Å². The summed E-state index contributed by atoms with van der Waals surface area (Å²) in [5.74, 6) is -3.20. The van der Waals surface area contributed by atoms with E-state index >= 15 is 0 Å². The van der Waals surface area contributed by atoms with Gasteiger partial charge in [0.2, 0.25) is 17.6 Å². The Bertz CT molecular complexity index is 1230. The molecule has 1 unspecified atom stereocenters. The van der Waals surface area contributed by atoms with Crippen LogP contribution < -0.4 is 11.1 Å². The molecule has 0 aliphatic carbocycles. The summed E-state index contributed by atoms with van der Waals surface area (Å²) in [6, 6.07) is 0.139. The van der Waals surface area contributed by atoms with Crippen LogP contribution in [0.1, 0.15) is 25.1 Å². The number of Topliss-reactive ketones (excluding diaryl/α,β-unsaturated/α-hetero) is 1. The number of carboxylic acid groups (broad SMARTS) is 1. The number of amides is 2. The molecule has 5 rings (SSSR count). The number of allylic oxidation sites excluding steroid dienone is 1. The number of carboxylic acids is 1. The molecule has 4 aliphatic rings. The van der Waals surface area contributed by atoms with Crippen LogP contribution >= 0.6 is 23.3 Å². The van der Waals surface area contributed by atoms with Crippen molar-refractivity contribution in [2.45, 2.75) is 30.7 Å². The van der Waals surface area contributed by atoms with E-state index in [4.69, 9.17) is 5.73 Å². The number of β-lactam (4-membered cyclic amide) rings is 1. The molecule has 1 aromatic heterocycles. The van der Waals surface area contributed by atoms with Crippen molar-refractivity contribution in [3.63, 3.8) is 0 Å². The van der Waals surface area contributed by atoms with Gasteiger partial charge < -0.3 is 26.3 Å². The number of nitrogens with zero attached hydrogens (tertiary/aromatic N) is 5. The minimum atomic E-state index is -1.27. The normalized spacial score (nSPS) is 27.6. The van der Waals surface area contributed by atoms with Gasteiger partial charge >= 0.3 is 5.97 Å². The lowest BCUT2D eigenvalue weighted by atomic mass is 9.89. The lowest BCUT2D eigenvalue weighted by Gasteiger charge is -2.49. The summed E-state index contributed by atoms with van der Waals surface area (Å²) in [6.07, 6.45) is 2.72. The molecule has 36 heavy (non-hydrogen) atoms. The van der Waals surface area contributed by atoms with Crippen LogP contribution in [0.25, 0.3) is 0 Å². The van der Waals surface area contributed by atoms with Crippen LogP contribution in [0.5, 0.6) is 0 Å². The number of nitrogens with two attached hydrogens (primary N) is 1. The molecule has 0 saturated carbocycles. The van der Waals surface area contributed by atoms with E-state index in [9.17, 15) is 29.5 Å². The first-order valence-electron chi connectivity index (χ1n) is 11.3. The summed E-state index contributed by atoms with van der Waals surface area (Å²) in [5, 5.41) is 24.9. The maximum Gasteiger partial charge on any atom is 0.352 e. The molecule has 13 nitrogen and oxygen atoms in total. The quantitative estimate of drug-likeness (QED) is 0.118. The van der Waals surface area contributed by atoms with Crippen molar-refractivity contribution in [1.82, 2.24) is 24.5 Å². The molecule has 3 saturated heterocycles. The Hall–Kier alpha value is -3.30. The molecule has 0 spiro atoms. The molecular weight excluding hydrogens is 510 g/mol. The van der Waals surface area contributed by atoms with Crippen molar-refractivity contribution in [2.24, 2.45) is 11.1 Å². The predicted molar refractivity (Wildman–Crippen MR) is 129 cm³/mol. The number of nitrogens with one attached hydrogen (secondary N) is 1. The standard InChI is InChI=1S/C21H23N7O6S2/c22-21-24-16(26-36-21)14(25-34)13(29)6-12-18(31)28-15(20(32)33)10(8-35-19(12)28)5-9-2-4-27(17(9)30)11-1-3-23-7-11/h5,11-12,19,23,34H,1-4,6-8H2,(H,32,33)(H2,22,24,26)/b9-5+,25-14-/t11-,12?,19-/m1/s1. The topological polar surface area (TPSA) is 191 Å². The van der Waals surface area contributed by atoms with E-state index in [1.807, 2.05) is 4.90 Å². The van der Waals surface area contributed by atoms with E-state index in [0.29, 0.717) is 24.1 Å². The molecule has 0 radical (unpaired) electrons. The van der Waals surface area contributed by atoms with Gasteiger partial charge in [-0.05, 0) is 31.0 Å². The average Bonchev–Trinajstić information content (AvgIpc) is 3.60. The van der Waals surface area contributed by atoms with Crippen molar-refractivity contribution in [2.75, 3.05) is 31.1 Å². The van der Waals surface area contributed by atoms with Gasteiger partial charge in [-0.15, -0.1) is 11.8 Å². The summed E-state index contributed by atoms with van der Waals surface area (Å²) in [4.78, 5) is 57.6. The molecule has 5 N–H and O–H groups in total. The summed E-state index contributed by atoms with van der Waals surface area (Å²) >= 11 is 2.16. The van der Waals surface area contributed by atoms with Gasteiger partial charge in [0, 0.05) is 48.4 Å². The monoisotopic (exact) mass is 533 g/mol. The Morgan fingerprint density at radius 2 is 2.14 bits per heavy atom. The van der Waals surface area contributed by atoms with E-state index in [1.54, 1.807) is 6.08 Å². The van der Waals surface area contributed by atoms with Gasteiger partial charge in [0.05, 0.1) is 11.3 Å². The van der Waals surface area contributed by atoms with Crippen LogP contribution in [0.15, 0.2) is 28.1 Å². The Balaban J connectivity index is 1.33. The van der Waals surface area contributed by atoms with Crippen LogP contribution in [-0.2, 0) is 19.2 Å². The van der Waals surface area contributed by atoms with E-state index < -0.39 is 34.7 Å². The van der Waals surface area contributed by atoms with Crippen molar-refractivity contribution >= 4 is 57.7 Å². The number of carbonyl (C=O) groups is 4. The number of thioether (sulfide) groups is 1. The zero-order valence-corrected chi connectivity index (χ0v) is 20.5. The fraction of sp³-hybridized carbons (Fsp3) is 0.476. The first-order valence-corrected chi connectivity index (χ1v) is 13.1. The molecule has 190 valence electrons. The van der Waals surface area contributed by atoms with Crippen molar-refractivity contribution in [1.29, 1.82) is 0 Å². The number of anilines is 1. The second kappa shape index (κ2) is 9.63.